The maximum absolute atomic E-state index is 13.0. The van der Waals surface area contributed by atoms with E-state index in [1.165, 1.54) is 0 Å². The maximum atomic E-state index is 13.0. The van der Waals surface area contributed by atoms with Crippen molar-refractivity contribution >= 4 is 23.0 Å². The van der Waals surface area contributed by atoms with Crippen LogP contribution in [-0.4, -0.2) is 65.7 Å². The van der Waals surface area contributed by atoms with Crippen molar-refractivity contribution in [1.29, 1.82) is 0 Å². The highest BCUT2D eigenvalue weighted by atomic mass is 16.6. The number of carbonyl (C=O) groups excluding carboxylic acids is 2. The molecule has 2 aromatic carbocycles. The first-order valence-corrected chi connectivity index (χ1v) is 16.9. The van der Waals surface area contributed by atoms with Crippen molar-refractivity contribution in [2.24, 2.45) is 11.8 Å². The molecule has 5 atom stereocenters. The van der Waals surface area contributed by atoms with Crippen LogP contribution in [0, 0.1) is 23.7 Å². The lowest BCUT2D eigenvalue weighted by Crippen LogP contribution is -2.38. The molecule has 0 radical (unpaired) electrons. The molecule has 7 rings (SSSR count). The number of benzene rings is 2. The van der Waals surface area contributed by atoms with Gasteiger partial charge in [0, 0.05) is 29.9 Å². The number of fused-ring (bicyclic) bond motifs is 2. The fraction of sp³-hybridized carbons (Fsp3) is 0.474. The minimum atomic E-state index is -0.552. The van der Waals surface area contributed by atoms with Gasteiger partial charge in [-0.05, 0) is 108 Å². The molecule has 0 bridgehead atoms. The number of imidazole rings is 2. The van der Waals surface area contributed by atoms with Gasteiger partial charge in [-0.2, -0.15) is 0 Å². The number of rotatable bonds is 3. The van der Waals surface area contributed by atoms with Crippen molar-refractivity contribution in [3.63, 3.8) is 0 Å². The van der Waals surface area contributed by atoms with E-state index in [4.69, 9.17) is 14.5 Å². The number of hydrogen-bond donors (Lipinski definition) is 2. The number of nitrogens with zero attached hydrogens (tertiary/aromatic N) is 4. The van der Waals surface area contributed by atoms with Gasteiger partial charge in [0.25, 0.3) is 0 Å². The second-order valence-corrected chi connectivity index (χ2v) is 15.6. The van der Waals surface area contributed by atoms with E-state index in [1.807, 2.05) is 64.9 Å². The molecule has 4 aromatic rings. The van der Waals surface area contributed by atoms with Crippen LogP contribution in [0.1, 0.15) is 103 Å². The molecule has 3 fully saturated rings. The second-order valence-electron chi connectivity index (χ2n) is 15.6. The third kappa shape index (κ3) is 6.64. The standard InChI is InChI=1S/C38H44N6O4/c1-22-14-31(43(21-22)35(45)47-37(2,3)4)33-40-20-29(42-33)26-12-11-24-15-23(8-10-25(24)16-26)9-13-28-19-39-34(41-28)32-18-27-17-30(27)44(32)36(46)48-38(5,6)7/h8,10-12,15-16,19-20,22,27,30-32H,14,17-18,21H2,1-7H3,(H,39,41)(H,40,42)/t22-,27+,30+,31-,32-/m0/s1. The lowest BCUT2D eigenvalue weighted by Gasteiger charge is -2.29. The van der Waals surface area contributed by atoms with Crippen LogP contribution in [0.25, 0.3) is 22.0 Å². The van der Waals surface area contributed by atoms with Crippen LogP contribution in [0.2, 0.25) is 0 Å². The van der Waals surface area contributed by atoms with Gasteiger partial charge in [0.05, 0.1) is 24.0 Å². The van der Waals surface area contributed by atoms with E-state index >= 15 is 0 Å². The number of likely N-dealkylation sites (tertiary alicyclic amines) is 2. The van der Waals surface area contributed by atoms with Crippen LogP contribution in [0.15, 0.2) is 48.8 Å². The summed E-state index contributed by atoms with van der Waals surface area (Å²) in [6.45, 7) is 14.1. The molecule has 2 saturated heterocycles. The summed E-state index contributed by atoms with van der Waals surface area (Å²) in [4.78, 5) is 45.7. The lowest BCUT2D eigenvalue weighted by atomic mass is 10.0. The van der Waals surface area contributed by atoms with Gasteiger partial charge in [-0.1, -0.05) is 31.0 Å². The molecule has 0 spiro atoms. The third-order valence-electron chi connectivity index (χ3n) is 9.16. The van der Waals surface area contributed by atoms with Crippen molar-refractivity contribution in [2.45, 2.75) is 97.1 Å². The Kier molecular flexibility index (Phi) is 7.77. The molecule has 2 aliphatic heterocycles. The van der Waals surface area contributed by atoms with Crippen LogP contribution in [0.3, 0.4) is 0 Å². The summed E-state index contributed by atoms with van der Waals surface area (Å²) in [5.41, 5.74) is 2.35. The summed E-state index contributed by atoms with van der Waals surface area (Å²) >= 11 is 0. The summed E-state index contributed by atoms with van der Waals surface area (Å²) in [7, 11) is 0. The zero-order valence-corrected chi connectivity index (χ0v) is 28.8. The summed E-state index contributed by atoms with van der Waals surface area (Å²) in [5.74, 6) is 8.85. The molecular weight excluding hydrogens is 604 g/mol. The number of piperidine rings is 1. The van der Waals surface area contributed by atoms with Crippen LogP contribution >= 0.6 is 0 Å². The summed E-state index contributed by atoms with van der Waals surface area (Å²) in [6.07, 6.45) is 5.82. The van der Waals surface area contributed by atoms with Crippen molar-refractivity contribution in [1.82, 2.24) is 29.7 Å². The zero-order valence-electron chi connectivity index (χ0n) is 28.8. The van der Waals surface area contributed by atoms with Crippen molar-refractivity contribution in [3.8, 4) is 23.1 Å². The Labute approximate surface area is 281 Å². The highest BCUT2D eigenvalue weighted by Crippen LogP contribution is 2.53. The maximum Gasteiger partial charge on any atom is 0.411 e. The number of hydrogen-bond acceptors (Lipinski definition) is 6. The number of carbonyl (C=O) groups is 2. The minimum Gasteiger partial charge on any atom is -0.444 e. The van der Waals surface area contributed by atoms with E-state index in [0.29, 0.717) is 24.1 Å². The summed E-state index contributed by atoms with van der Waals surface area (Å²) < 4.78 is 11.4. The van der Waals surface area contributed by atoms with Crippen molar-refractivity contribution < 1.29 is 19.1 Å². The van der Waals surface area contributed by atoms with Crippen molar-refractivity contribution in [3.05, 3.63) is 71.7 Å². The van der Waals surface area contributed by atoms with Crippen LogP contribution < -0.4 is 0 Å². The minimum absolute atomic E-state index is 0.120. The van der Waals surface area contributed by atoms with E-state index in [0.717, 1.165) is 58.5 Å². The van der Waals surface area contributed by atoms with Crippen LogP contribution in [-0.2, 0) is 9.47 Å². The van der Waals surface area contributed by atoms with Gasteiger partial charge in [-0.15, -0.1) is 0 Å². The van der Waals surface area contributed by atoms with Crippen molar-refractivity contribution in [2.75, 3.05) is 6.54 Å². The van der Waals surface area contributed by atoms with E-state index in [1.54, 1.807) is 4.90 Å². The lowest BCUT2D eigenvalue weighted by molar-refractivity contribution is 0.0172. The van der Waals surface area contributed by atoms with Gasteiger partial charge >= 0.3 is 12.2 Å². The molecule has 1 aliphatic carbocycles. The van der Waals surface area contributed by atoms with Gasteiger partial charge in [-0.3, -0.25) is 9.80 Å². The number of amides is 2. The van der Waals surface area contributed by atoms with Gasteiger partial charge in [0.2, 0.25) is 0 Å². The topological polar surface area (TPSA) is 116 Å². The van der Waals surface area contributed by atoms with Gasteiger partial charge in [-0.25, -0.2) is 19.6 Å². The Morgan fingerprint density at radius 3 is 2.38 bits per heavy atom. The van der Waals surface area contributed by atoms with Crippen LogP contribution in [0.5, 0.6) is 0 Å². The van der Waals surface area contributed by atoms with E-state index in [9.17, 15) is 9.59 Å². The first kappa shape index (κ1) is 31.8. The number of H-pyrrole nitrogens is 2. The molecule has 250 valence electrons. The predicted octanol–water partition coefficient (Wildman–Crippen LogP) is 7.74. The molecule has 2 aromatic heterocycles. The largest absolute Gasteiger partial charge is 0.444 e. The van der Waals surface area contributed by atoms with E-state index in [2.05, 4.69) is 64.0 Å². The molecule has 3 aliphatic rings. The fourth-order valence-electron chi connectivity index (χ4n) is 6.96. The highest BCUT2D eigenvalue weighted by Gasteiger charge is 2.56. The first-order valence-electron chi connectivity index (χ1n) is 16.9. The quantitative estimate of drug-likeness (QED) is 0.220. The predicted molar refractivity (Wildman–Crippen MR) is 183 cm³/mol. The van der Waals surface area contributed by atoms with Gasteiger partial charge in [0.1, 0.15) is 28.5 Å². The van der Waals surface area contributed by atoms with Crippen LogP contribution in [0.4, 0.5) is 9.59 Å². The number of nitrogens with one attached hydrogen (secondary N) is 2. The molecule has 2 amide bonds. The summed E-state index contributed by atoms with van der Waals surface area (Å²) in [5, 5.41) is 2.16. The molecule has 4 heterocycles. The molecule has 10 nitrogen and oxygen atoms in total. The Balaban J connectivity index is 1.04. The monoisotopic (exact) mass is 648 g/mol. The molecule has 0 unspecified atom stereocenters. The fourth-order valence-corrected chi connectivity index (χ4v) is 6.96. The van der Waals surface area contributed by atoms with E-state index < -0.39 is 11.2 Å². The SMILES string of the molecule is C[C@H]1C[C@@H](c2ncc(-c3ccc4cc(C#Cc5c[nH]c([C@@H]6C[C@H]7C[C@H]7N6C(=O)OC(C)(C)C)n5)ccc4c3)[nH]2)N(C(=O)OC(C)(C)C)C1. The molecule has 2 N–H and O–H groups in total. The smallest absolute Gasteiger partial charge is 0.411 e. The molecule has 48 heavy (non-hydrogen) atoms. The average Bonchev–Trinajstić information content (AvgIpc) is 3.49. The zero-order chi connectivity index (χ0) is 34.0. The number of ether oxygens (including phenoxy) is 2. The average molecular weight is 649 g/mol. The Morgan fingerprint density at radius 2 is 1.60 bits per heavy atom. The second kappa shape index (κ2) is 11.7. The Bertz CT molecular complexity index is 1940. The molecular formula is C38H44N6O4. The van der Waals surface area contributed by atoms with Gasteiger partial charge < -0.3 is 19.4 Å². The van der Waals surface area contributed by atoms with Gasteiger partial charge in [0.15, 0.2) is 0 Å². The Morgan fingerprint density at radius 1 is 0.875 bits per heavy atom. The summed E-state index contributed by atoms with van der Waals surface area (Å²) in [6, 6.07) is 12.4. The third-order valence-corrected chi connectivity index (χ3v) is 9.16. The Hall–Kier alpha value is -4.78. The molecule has 10 heteroatoms. The first-order chi connectivity index (χ1) is 22.7. The normalized spacial score (nSPS) is 23.5. The number of aromatic amines is 2. The number of aromatic nitrogens is 4. The highest BCUT2D eigenvalue weighted by molar-refractivity contribution is 5.88. The van der Waals surface area contributed by atoms with E-state index in [-0.39, 0.29) is 30.3 Å². The molecule has 1 saturated carbocycles.